The summed E-state index contributed by atoms with van der Waals surface area (Å²) in [7, 11) is 0. The molecule has 110 valence electrons. The Morgan fingerprint density at radius 3 is 2.43 bits per heavy atom. The van der Waals surface area contributed by atoms with Crippen LogP contribution in [0.4, 0.5) is 5.69 Å². The molecule has 1 atom stereocenters. The summed E-state index contributed by atoms with van der Waals surface area (Å²) in [5, 5.41) is 6.84. The van der Waals surface area contributed by atoms with Gasteiger partial charge in [-0.2, -0.15) is 5.10 Å². The lowest BCUT2D eigenvalue weighted by Crippen LogP contribution is -2.33. The molecular weight excluding hydrogens is 266 g/mol. The first kappa shape index (κ1) is 15.0. The largest absolute Gasteiger partial charge is 0.324 e. The molecule has 0 aliphatic carbocycles. The van der Waals surface area contributed by atoms with E-state index in [1.54, 1.807) is 13.0 Å². The number of nitrogens with one attached hydrogen (secondary N) is 1. The molecule has 1 aromatic carbocycles. The highest BCUT2D eigenvalue weighted by Crippen LogP contribution is 2.22. The van der Waals surface area contributed by atoms with Crippen LogP contribution in [0, 0.1) is 20.8 Å². The molecule has 0 radical (unpaired) electrons. The van der Waals surface area contributed by atoms with Gasteiger partial charge in [-0.3, -0.25) is 9.59 Å². The number of nitrogens with zero attached hydrogens (tertiary/aromatic N) is 2. The van der Waals surface area contributed by atoms with Crippen LogP contribution in [0.3, 0.4) is 0 Å². The van der Waals surface area contributed by atoms with E-state index in [-0.39, 0.29) is 11.5 Å². The van der Waals surface area contributed by atoms with Crippen molar-refractivity contribution < 1.29 is 4.79 Å². The molecule has 0 saturated carbocycles. The number of aromatic nitrogens is 2. The van der Waals surface area contributed by atoms with Crippen LogP contribution in [0.15, 0.2) is 35.3 Å². The van der Waals surface area contributed by atoms with Crippen LogP contribution in [0.5, 0.6) is 0 Å². The highest BCUT2D eigenvalue weighted by molar-refractivity contribution is 5.94. The van der Waals surface area contributed by atoms with Gasteiger partial charge in [0.05, 0.1) is 0 Å². The first-order chi connectivity index (χ1) is 9.90. The molecule has 2 rings (SSSR count). The Kier molecular flexibility index (Phi) is 4.21. The third-order valence-corrected chi connectivity index (χ3v) is 3.41. The number of rotatable bonds is 3. The minimum Gasteiger partial charge on any atom is -0.324 e. The molecule has 1 heterocycles. The second kappa shape index (κ2) is 5.91. The molecule has 5 heteroatoms. The highest BCUT2D eigenvalue weighted by Gasteiger charge is 2.18. The molecule has 0 bridgehead atoms. The van der Waals surface area contributed by atoms with Crippen molar-refractivity contribution in [3.63, 3.8) is 0 Å². The Morgan fingerprint density at radius 1 is 1.24 bits per heavy atom. The summed E-state index contributed by atoms with van der Waals surface area (Å²) in [4.78, 5) is 24.1. The van der Waals surface area contributed by atoms with Gasteiger partial charge in [-0.1, -0.05) is 17.7 Å². The zero-order valence-electron chi connectivity index (χ0n) is 12.7. The van der Waals surface area contributed by atoms with Gasteiger partial charge in [-0.15, -0.1) is 0 Å². The van der Waals surface area contributed by atoms with Crippen molar-refractivity contribution >= 4 is 11.6 Å². The van der Waals surface area contributed by atoms with Crippen LogP contribution in [-0.4, -0.2) is 15.7 Å². The lowest BCUT2D eigenvalue weighted by Gasteiger charge is -2.17. The number of benzene rings is 1. The summed E-state index contributed by atoms with van der Waals surface area (Å²) in [5.74, 6) is -0.258. The van der Waals surface area contributed by atoms with Crippen molar-refractivity contribution in [2.45, 2.75) is 33.7 Å². The van der Waals surface area contributed by atoms with Gasteiger partial charge < -0.3 is 5.32 Å². The van der Waals surface area contributed by atoms with Gasteiger partial charge >= 0.3 is 0 Å². The molecule has 0 saturated heterocycles. The van der Waals surface area contributed by atoms with E-state index in [4.69, 9.17) is 0 Å². The third-order valence-electron chi connectivity index (χ3n) is 3.41. The lowest BCUT2D eigenvalue weighted by atomic mass is 10.0. The molecule has 0 spiro atoms. The van der Waals surface area contributed by atoms with Crippen molar-refractivity contribution in [1.82, 2.24) is 9.78 Å². The van der Waals surface area contributed by atoms with Gasteiger partial charge in [0.2, 0.25) is 5.91 Å². The quantitative estimate of drug-likeness (QED) is 0.941. The maximum Gasteiger partial charge on any atom is 0.267 e. The van der Waals surface area contributed by atoms with Crippen molar-refractivity contribution in [3.8, 4) is 0 Å². The molecule has 1 unspecified atom stereocenters. The monoisotopic (exact) mass is 285 g/mol. The third kappa shape index (κ3) is 3.18. The van der Waals surface area contributed by atoms with Crippen LogP contribution < -0.4 is 10.9 Å². The number of anilines is 1. The predicted octanol–water partition coefficient (Wildman–Crippen LogP) is 2.37. The van der Waals surface area contributed by atoms with Gasteiger partial charge in [0, 0.05) is 18.0 Å². The number of carbonyl (C=O) groups is 1. The number of hydrogen-bond donors (Lipinski definition) is 1. The molecule has 2 aromatic rings. The summed E-state index contributed by atoms with van der Waals surface area (Å²) < 4.78 is 1.17. The topological polar surface area (TPSA) is 64.0 Å². The van der Waals surface area contributed by atoms with E-state index in [0.29, 0.717) is 0 Å². The SMILES string of the molecule is Cc1cc(C)c(NC(=O)C(C)n2ncccc2=O)c(C)c1. The van der Waals surface area contributed by atoms with Crippen molar-refractivity contribution in [3.05, 3.63) is 57.5 Å². The second-order valence-corrected chi connectivity index (χ2v) is 5.25. The molecule has 1 aromatic heterocycles. The fourth-order valence-electron chi connectivity index (χ4n) is 2.38. The Labute approximate surface area is 123 Å². The molecular formula is C16H19N3O2. The lowest BCUT2D eigenvalue weighted by molar-refractivity contribution is -0.119. The minimum absolute atomic E-state index is 0.258. The van der Waals surface area contributed by atoms with Crippen molar-refractivity contribution in [2.24, 2.45) is 0 Å². The van der Waals surface area contributed by atoms with Gasteiger partial charge in [-0.05, 0) is 44.9 Å². The standard InChI is InChI=1S/C16H19N3O2/c1-10-8-11(2)15(12(3)9-10)18-16(21)13(4)19-14(20)6-5-7-17-19/h5-9,13H,1-4H3,(H,18,21). The first-order valence-electron chi connectivity index (χ1n) is 6.82. The number of aryl methyl sites for hydroxylation is 3. The van der Waals surface area contributed by atoms with E-state index in [0.717, 1.165) is 22.4 Å². The molecule has 1 N–H and O–H groups in total. The van der Waals surface area contributed by atoms with Crippen LogP contribution in [0.1, 0.15) is 29.7 Å². The smallest absolute Gasteiger partial charge is 0.267 e. The molecule has 1 amide bonds. The molecule has 0 fully saturated rings. The Hall–Kier alpha value is -2.43. The Morgan fingerprint density at radius 2 is 1.86 bits per heavy atom. The number of hydrogen-bond acceptors (Lipinski definition) is 3. The molecule has 0 aliphatic rings. The van der Waals surface area contributed by atoms with Gasteiger partial charge in [0.1, 0.15) is 6.04 Å². The number of carbonyl (C=O) groups excluding carboxylic acids is 1. The van der Waals surface area contributed by atoms with Gasteiger partial charge in [0.15, 0.2) is 0 Å². The fraction of sp³-hybridized carbons (Fsp3) is 0.312. The van der Waals surface area contributed by atoms with E-state index in [2.05, 4.69) is 10.4 Å². The van der Waals surface area contributed by atoms with E-state index in [1.807, 2.05) is 32.9 Å². The molecule has 0 aliphatic heterocycles. The van der Waals surface area contributed by atoms with E-state index in [9.17, 15) is 9.59 Å². The number of amides is 1. The minimum atomic E-state index is -0.668. The average molecular weight is 285 g/mol. The van der Waals surface area contributed by atoms with E-state index >= 15 is 0 Å². The zero-order chi connectivity index (χ0) is 15.6. The summed E-state index contributed by atoms with van der Waals surface area (Å²) in [5.41, 5.74) is 3.65. The maximum atomic E-state index is 12.3. The summed E-state index contributed by atoms with van der Waals surface area (Å²) in [6.07, 6.45) is 1.49. The van der Waals surface area contributed by atoms with Crippen molar-refractivity contribution in [2.75, 3.05) is 5.32 Å². The predicted molar refractivity (Wildman–Crippen MR) is 82.5 cm³/mol. The van der Waals surface area contributed by atoms with Crippen LogP contribution in [-0.2, 0) is 4.79 Å². The second-order valence-electron chi connectivity index (χ2n) is 5.25. The van der Waals surface area contributed by atoms with E-state index in [1.165, 1.54) is 16.9 Å². The molecule has 21 heavy (non-hydrogen) atoms. The van der Waals surface area contributed by atoms with Crippen LogP contribution >= 0.6 is 0 Å². The van der Waals surface area contributed by atoms with Crippen LogP contribution in [0.25, 0.3) is 0 Å². The summed E-state index contributed by atoms with van der Waals surface area (Å²) in [6.45, 7) is 7.57. The van der Waals surface area contributed by atoms with Gasteiger partial charge in [-0.25, -0.2) is 4.68 Å². The first-order valence-corrected chi connectivity index (χ1v) is 6.82. The Balaban J connectivity index is 2.27. The summed E-state index contributed by atoms with van der Waals surface area (Å²) >= 11 is 0. The van der Waals surface area contributed by atoms with E-state index < -0.39 is 6.04 Å². The van der Waals surface area contributed by atoms with Crippen molar-refractivity contribution in [1.29, 1.82) is 0 Å². The Bertz CT molecular complexity index is 711. The summed E-state index contributed by atoms with van der Waals surface area (Å²) in [6, 6.07) is 6.30. The normalized spacial score (nSPS) is 12.0. The highest BCUT2D eigenvalue weighted by atomic mass is 16.2. The zero-order valence-corrected chi connectivity index (χ0v) is 12.7. The van der Waals surface area contributed by atoms with Gasteiger partial charge in [0.25, 0.3) is 5.56 Å². The average Bonchev–Trinajstić information content (AvgIpc) is 2.42. The fourth-order valence-corrected chi connectivity index (χ4v) is 2.38. The maximum absolute atomic E-state index is 12.3. The molecule has 5 nitrogen and oxygen atoms in total. The van der Waals surface area contributed by atoms with Crippen LogP contribution in [0.2, 0.25) is 0 Å².